The lowest BCUT2D eigenvalue weighted by molar-refractivity contribution is 0.413. The minimum Gasteiger partial charge on any atom is -0.495 e. The van der Waals surface area contributed by atoms with Crippen LogP contribution in [0.3, 0.4) is 0 Å². The molecule has 3 rings (SSSR count). The van der Waals surface area contributed by atoms with Crippen LogP contribution < -0.4 is 9.46 Å². The number of hydrogen-bond donors (Lipinski definition) is 1. The van der Waals surface area contributed by atoms with Crippen molar-refractivity contribution in [3.8, 4) is 22.7 Å². The number of halogens is 2. The van der Waals surface area contributed by atoms with E-state index in [2.05, 4.69) is 20.0 Å². The van der Waals surface area contributed by atoms with Gasteiger partial charge in [0.25, 0.3) is 0 Å². The Morgan fingerprint density at radius 3 is 2.82 bits per heavy atom. The van der Waals surface area contributed by atoms with E-state index in [1.807, 2.05) is 0 Å². The number of anilines is 1. The van der Waals surface area contributed by atoms with E-state index in [-0.39, 0.29) is 22.2 Å². The van der Waals surface area contributed by atoms with Crippen molar-refractivity contribution in [2.75, 3.05) is 17.6 Å². The van der Waals surface area contributed by atoms with Crippen LogP contribution in [0.15, 0.2) is 36.8 Å². The minimum absolute atomic E-state index is 0.0520. The van der Waals surface area contributed by atoms with Crippen molar-refractivity contribution in [3.05, 3.63) is 47.6 Å². The molecular weight excluding hydrogens is 409 g/mol. The van der Waals surface area contributed by atoms with Gasteiger partial charge in [0.05, 0.1) is 36.0 Å². The molecule has 0 saturated carbocycles. The lowest BCUT2D eigenvalue weighted by Gasteiger charge is -2.12. The summed E-state index contributed by atoms with van der Waals surface area (Å²) in [6.45, 7) is 1.72. The Bertz CT molecular complexity index is 1100. The Hall–Kier alpha value is -2.72. The van der Waals surface area contributed by atoms with Gasteiger partial charge in [0.15, 0.2) is 5.82 Å². The molecule has 0 unspecified atom stereocenters. The lowest BCUT2D eigenvalue weighted by Crippen LogP contribution is -2.17. The second kappa shape index (κ2) is 8.11. The molecule has 0 atom stereocenters. The number of pyridine rings is 1. The third kappa shape index (κ3) is 4.23. The molecule has 0 radical (unpaired) electrons. The standard InChI is InChI=1S/C17H17ClFN5O3S/c1-3-6-28(25,26)22-14-5-4-13(18)17(16(14)19)24-10-15(21-23-24)11-7-12(27-2)9-20-8-11/h4-5,7-10,22H,3,6H2,1-2H3. The summed E-state index contributed by atoms with van der Waals surface area (Å²) >= 11 is 6.13. The van der Waals surface area contributed by atoms with Crippen LogP contribution in [0, 0.1) is 5.82 Å². The molecule has 0 fully saturated rings. The average molecular weight is 426 g/mol. The fourth-order valence-corrected chi connectivity index (χ4v) is 3.86. The van der Waals surface area contributed by atoms with E-state index in [0.29, 0.717) is 23.4 Å². The van der Waals surface area contributed by atoms with Gasteiger partial charge in [0, 0.05) is 11.8 Å². The molecule has 3 aromatic rings. The smallest absolute Gasteiger partial charge is 0.232 e. The predicted molar refractivity (Wildman–Crippen MR) is 104 cm³/mol. The molecule has 0 amide bonds. The fraction of sp³-hybridized carbons (Fsp3) is 0.235. The van der Waals surface area contributed by atoms with Gasteiger partial charge < -0.3 is 4.74 Å². The average Bonchev–Trinajstić information content (AvgIpc) is 3.14. The second-order valence-electron chi connectivity index (χ2n) is 5.84. The maximum atomic E-state index is 15.0. The van der Waals surface area contributed by atoms with E-state index in [9.17, 15) is 12.8 Å². The molecule has 28 heavy (non-hydrogen) atoms. The highest BCUT2D eigenvalue weighted by molar-refractivity contribution is 7.92. The van der Waals surface area contributed by atoms with Gasteiger partial charge in [-0.3, -0.25) is 9.71 Å². The minimum atomic E-state index is -3.67. The number of rotatable bonds is 7. The number of methoxy groups -OCH3 is 1. The highest BCUT2D eigenvalue weighted by atomic mass is 35.5. The Kier molecular flexibility index (Phi) is 5.80. The summed E-state index contributed by atoms with van der Waals surface area (Å²) in [5.74, 6) is -0.447. The molecule has 2 aromatic heterocycles. The zero-order valence-corrected chi connectivity index (χ0v) is 16.6. The number of nitrogens with one attached hydrogen (secondary N) is 1. The topological polar surface area (TPSA) is 99.0 Å². The van der Waals surface area contributed by atoms with E-state index < -0.39 is 15.8 Å². The molecule has 0 aliphatic rings. The Labute approximate surface area is 166 Å². The Morgan fingerprint density at radius 2 is 2.11 bits per heavy atom. The molecule has 0 bridgehead atoms. The number of sulfonamides is 1. The van der Waals surface area contributed by atoms with Gasteiger partial charge in [-0.05, 0) is 24.6 Å². The molecular formula is C17H17ClFN5O3S. The van der Waals surface area contributed by atoms with Gasteiger partial charge in [-0.2, -0.15) is 0 Å². The van der Waals surface area contributed by atoms with Crippen LogP contribution in [0.4, 0.5) is 10.1 Å². The van der Waals surface area contributed by atoms with Gasteiger partial charge >= 0.3 is 0 Å². The molecule has 11 heteroatoms. The highest BCUT2D eigenvalue weighted by Gasteiger charge is 2.20. The SMILES string of the molecule is CCCS(=O)(=O)Nc1ccc(Cl)c(-n2cc(-c3cncc(OC)c3)nn2)c1F. The number of hydrogen-bond acceptors (Lipinski definition) is 6. The zero-order valence-electron chi connectivity index (χ0n) is 15.1. The molecule has 1 N–H and O–H groups in total. The van der Waals surface area contributed by atoms with Gasteiger partial charge in [-0.25, -0.2) is 17.5 Å². The van der Waals surface area contributed by atoms with Crippen molar-refractivity contribution >= 4 is 27.3 Å². The van der Waals surface area contributed by atoms with Crippen LogP contribution in [0.2, 0.25) is 5.02 Å². The molecule has 0 saturated heterocycles. The van der Waals surface area contributed by atoms with Crippen LogP contribution in [0.5, 0.6) is 5.75 Å². The van der Waals surface area contributed by atoms with Crippen LogP contribution in [0.1, 0.15) is 13.3 Å². The Balaban J connectivity index is 2.00. The van der Waals surface area contributed by atoms with Crippen LogP contribution >= 0.6 is 11.6 Å². The quantitative estimate of drug-likeness (QED) is 0.623. The second-order valence-corrected chi connectivity index (χ2v) is 8.09. The first-order chi connectivity index (χ1) is 13.3. The normalized spacial score (nSPS) is 11.4. The van der Waals surface area contributed by atoms with Crippen molar-refractivity contribution in [2.45, 2.75) is 13.3 Å². The summed E-state index contributed by atoms with van der Waals surface area (Å²) < 4.78 is 47.4. The number of benzene rings is 1. The molecule has 0 aliphatic heterocycles. The zero-order chi connectivity index (χ0) is 20.3. The summed E-state index contributed by atoms with van der Waals surface area (Å²) in [4.78, 5) is 4.04. The van der Waals surface area contributed by atoms with E-state index in [1.165, 1.54) is 31.6 Å². The van der Waals surface area contributed by atoms with Crippen LogP contribution in [-0.4, -0.2) is 41.3 Å². The van der Waals surface area contributed by atoms with Gasteiger partial charge in [-0.1, -0.05) is 23.7 Å². The third-order valence-electron chi connectivity index (χ3n) is 3.77. The first-order valence-corrected chi connectivity index (χ1v) is 10.3. The van der Waals surface area contributed by atoms with Crippen molar-refractivity contribution < 1.29 is 17.5 Å². The lowest BCUT2D eigenvalue weighted by atomic mass is 10.2. The van der Waals surface area contributed by atoms with Gasteiger partial charge in [0.1, 0.15) is 17.1 Å². The first kappa shape index (κ1) is 20.0. The number of aromatic nitrogens is 4. The van der Waals surface area contributed by atoms with E-state index in [0.717, 1.165) is 4.68 Å². The summed E-state index contributed by atoms with van der Waals surface area (Å²) in [7, 11) is -2.15. The summed E-state index contributed by atoms with van der Waals surface area (Å²) in [6.07, 6.45) is 4.96. The van der Waals surface area contributed by atoms with Gasteiger partial charge in [0.2, 0.25) is 10.0 Å². The molecule has 0 spiro atoms. The summed E-state index contributed by atoms with van der Waals surface area (Å²) in [5.41, 5.74) is 0.696. The molecule has 0 aliphatic carbocycles. The van der Waals surface area contributed by atoms with E-state index in [1.54, 1.807) is 19.2 Å². The third-order valence-corrected chi connectivity index (χ3v) is 5.55. The fourth-order valence-electron chi connectivity index (χ4n) is 2.49. The number of ether oxygens (including phenoxy) is 1. The van der Waals surface area contributed by atoms with Crippen molar-refractivity contribution in [1.82, 2.24) is 20.0 Å². The van der Waals surface area contributed by atoms with Crippen molar-refractivity contribution in [3.63, 3.8) is 0 Å². The number of nitrogens with zero attached hydrogens (tertiary/aromatic N) is 4. The summed E-state index contributed by atoms with van der Waals surface area (Å²) in [6, 6.07) is 4.35. The van der Waals surface area contributed by atoms with Crippen molar-refractivity contribution in [2.24, 2.45) is 0 Å². The molecule has 148 valence electrons. The maximum Gasteiger partial charge on any atom is 0.232 e. The van der Waals surface area contributed by atoms with Crippen molar-refractivity contribution in [1.29, 1.82) is 0 Å². The van der Waals surface area contributed by atoms with Gasteiger partial charge in [-0.15, -0.1) is 5.10 Å². The van der Waals surface area contributed by atoms with E-state index in [4.69, 9.17) is 16.3 Å². The molecule has 8 nitrogen and oxygen atoms in total. The Morgan fingerprint density at radius 1 is 1.32 bits per heavy atom. The van der Waals surface area contributed by atoms with E-state index >= 15 is 0 Å². The molecule has 1 aromatic carbocycles. The van der Waals surface area contributed by atoms with Crippen LogP contribution in [0.25, 0.3) is 16.9 Å². The predicted octanol–water partition coefficient (Wildman–Crippen LogP) is 3.28. The molecule has 2 heterocycles. The highest BCUT2D eigenvalue weighted by Crippen LogP contribution is 2.30. The maximum absolute atomic E-state index is 15.0. The first-order valence-electron chi connectivity index (χ1n) is 8.25. The largest absolute Gasteiger partial charge is 0.495 e. The van der Waals surface area contributed by atoms with Crippen LogP contribution in [-0.2, 0) is 10.0 Å². The summed E-state index contributed by atoms with van der Waals surface area (Å²) in [5, 5.41) is 7.97. The monoisotopic (exact) mass is 425 g/mol.